The van der Waals surface area contributed by atoms with Gasteiger partial charge < -0.3 is 10.1 Å². The van der Waals surface area contributed by atoms with Crippen molar-refractivity contribution in [3.8, 4) is 16.9 Å². The third kappa shape index (κ3) is 4.24. The fraction of sp³-hybridized carbons (Fsp3) is 0.429. The van der Waals surface area contributed by atoms with Crippen molar-refractivity contribution in [2.75, 3.05) is 18.5 Å². The highest BCUT2D eigenvalue weighted by Gasteiger charge is 2.17. The Kier molecular flexibility index (Phi) is 5.53. The summed E-state index contributed by atoms with van der Waals surface area (Å²) in [5.74, 6) is 0.618. The Morgan fingerprint density at radius 3 is 2.84 bits per heavy atom. The van der Waals surface area contributed by atoms with E-state index >= 15 is 0 Å². The fourth-order valence-corrected chi connectivity index (χ4v) is 3.83. The third-order valence-corrected chi connectivity index (χ3v) is 5.47. The lowest BCUT2D eigenvalue weighted by molar-refractivity contribution is 0.136. The van der Waals surface area contributed by atoms with Gasteiger partial charge in [-0.2, -0.15) is 14.8 Å². The number of aromatic nitrogens is 8. The molecule has 1 aliphatic rings. The lowest BCUT2D eigenvalue weighted by atomic mass is 10.2. The molecule has 0 aromatic carbocycles. The number of nitrogens with zero attached hydrogens (tertiary/aromatic N) is 8. The fourth-order valence-electron chi connectivity index (χ4n) is 3.83. The highest BCUT2D eigenvalue weighted by molar-refractivity contribution is 5.72. The van der Waals surface area contributed by atoms with E-state index in [4.69, 9.17) is 4.74 Å². The van der Waals surface area contributed by atoms with Crippen molar-refractivity contribution in [2.24, 2.45) is 0 Å². The summed E-state index contributed by atoms with van der Waals surface area (Å²) < 4.78 is 8.94. The summed E-state index contributed by atoms with van der Waals surface area (Å²) in [4.78, 5) is 13.6. The van der Waals surface area contributed by atoms with Crippen LogP contribution in [0.15, 0.2) is 36.9 Å². The largest absolute Gasteiger partial charge is 0.380 e. The highest BCUT2D eigenvalue weighted by Crippen LogP contribution is 2.22. The van der Waals surface area contributed by atoms with E-state index in [1.165, 1.54) is 12.8 Å². The molecule has 0 radical (unpaired) electrons. The number of hydrogen-bond acceptors (Lipinski definition) is 8. The zero-order chi connectivity index (χ0) is 21.0. The van der Waals surface area contributed by atoms with Crippen LogP contribution < -0.4 is 5.32 Å². The molecule has 4 aromatic heterocycles. The number of anilines is 1. The lowest BCUT2D eigenvalue weighted by Crippen LogP contribution is -2.16. The van der Waals surface area contributed by atoms with Crippen molar-refractivity contribution in [1.82, 2.24) is 39.7 Å². The minimum atomic E-state index is 0.442. The van der Waals surface area contributed by atoms with Crippen LogP contribution in [0, 0.1) is 0 Å². The SMILES string of the molecule is CCOCCn1cc(-c2ccc(-n3nnc4cnc(NC5CCCC5)nc43)cn2)cn1. The molecule has 4 heterocycles. The van der Waals surface area contributed by atoms with Gasteiger partial charge in [0.1, 0.15) is 0 Å². The Morgan fingerprint density at radius 2 is 2.03 bits per heavy atom. The van der Waals surface area contributed by atoms with E-state index in [9.17, 15) is 0 Å². The molecule has 10 heteroatoms. The molecule has 1 aliphatic carbocycles. The summed E-state index contributed by atoms with van der Waals surface area (Å²) in [6.45, 7) is 4.05. The van der Waals surface area contributed by atoms with Crippen LogP contribution in [0.3, 0.4) is 0 Å². The average molecular weight is 419 g/mol. The van der Waals surface area contributed by atoms with Gasteiger partial charge in [0.05, 0.1) is 43.1 Å². The summed E-state index contributed by atoms with van der Waals surface area (Å²) in [7, 11) is 0. The minimum Gasteiger partial charge on any atom is -0.380 e. The molecular weight excluding hydrogens is 394 g/mol. The first kappa shape index (κ1) is 19.6. The molecule has 31 heavy (non-hydrogen) atoms. The summed E-state index contributed by atoms with van der Waals surface area (Å²) in [6, 6.07) is 4.35. The number of hydrogen-bond donors (Lipinski definition) is 1. The van der Waals surface area contributed by atoms with Crippen LogP contribution in [0.25, 0.3) is 28.1 Å². The van der Waals surface area contributed by atoms with E-state index in [-0.39, 0.29) is 0 Å². The molecule has 10 nitrogen and oxygen atoms in total. The first-order valence-electron chi connectivity index (χ1n) is 10.7. The standard InChI is InChI=1S/C21H25N9O/c1-2-31-10-9-29-14-15(11-24-29)18-8-7-17(12-22-18)30-20-19(27-28-30)13-23-21(26-20)25-16-5-3-4-6-16/h7-8,11-14,16H,2-6,9-10H2,1H3,(H,23,25,26). The second kappa shape index (κ2) is 8.76. The molecule has 1 N–H and O–H groups in total. The van der Waals surface area contributed by atoms with Crippen LogP contribution in [-0.2, 0) is 11.3 Å². The van der Waals surface area contributed by atoms with Crippen LogP contribution in [0.4, 0.5) is 5.95 Å². The Balaban J connectivity index is 1.35. The molecule has 0 spiro atoms. The molecule has 1 saturated carbocycles. The topological polar surface area (TPSA) is 108 Å². The number of nitrogens with one attached hydrogen (secondary N) is 1. The quantitative estimate of drug-likeness (QED) is 0.434. The maximum Gasteiger partial charge on any atom is 0.225 e. The van der Waals surface area contributed by atoms with Crippen LogP contribution in [0.2, 0.25) is 0 Å². The molecule has 4 aromatic rings. The van der Waals surface area contributed by atoms with Crippen molar-refractivity contribution < 1.29 is 4.74 Å². The van der Waals surface area contributed by atoms with Gasteiger partial charge in [-0.25, -0.2) is 4.98 Å². The molecule has 160 valence electrons. The van der Waals surface area contributed by atoms with E-state index in [0.717, 1.165) is 29.8 Å². The number of pyridine rings is 1. The Hall–Kier alpha value is -3.40. The van der Waals surface area contributed by atoms with Gasteiger partial charge in [-0.3, -0.25) is 9.67 Å². The van der Waals surface area contributed by atoms with Gasteiger partial charge in [0.15, 0.2) is 11.2 Å². The molecule has 1 fully saturated rings. The monoisotopic (exact) mass is 419 g/mol. The lowest BCUT2D eigenvalue weighted by Gasteiger charge is -2.11. The van der Waals surface area contributed by atoms with Crippen LogP contribution in [0.5, 0.6) is 0 Å². The number of rotatable bonds is 8. The zero-order valence-corrected chi connectivity index (χ0v) is 17.5. The number of ether oxygens (including phenoxy) is 1. The molecule has 0 saturated heterocycles. The molecule has 0 amide bonds. The van der Waals surface area contributed by atoms with Crippen molar-refractivity contribution in [1.29, 1.82) is 0 Å². The molecule has 0 aliphatic heterocycles. The molecule has 0 atom stereocenters. The van der Waals surface area contributed by atoms with Gasteiger partial charge in [-0.1, -0.05) is 18.1 Å². The van der Waals surface area contributed by atoms with Gasteiger partial charge in [0, 0.05) is 24.4 Å². The average Bonchev–Trinajstić information content (AvgIpc) is 3.55. The zero-order valence-electron chi connectivity index (χ0n) is 17.5. The first-order chi connectivity index (χ1) is 15.3. The van der Waals surface area contributed by atoms with Crippen LogP contribution in [0.1, 0.15) is 32.6 Å². The maximum absolute atomic E-state index is 5.38. The van der Waals surface area contributed by atoms with Gasteiger partial charge in [0.2, 0.25) is 5.95 Å². The Labute approximate surface area is 179 Å². The second-order valence-corrected chi connectivity index (χ2v) is 7.62. The molecule has 5 rings (SSSR count). The van der Waals surface area contributed by atoms with Gasteiger partial charge >= 0.3 is 0 Å². The Morgan fingerprint density at radius 1 is 1.13 bits per heavy atom. The van der Waals surface area contributed by atoms with Crippen molar-refractivity contribution in [3.63, 3.8) is 0 Å². The van der Waals surface area contributed by atoms with E-state index in [0.29, 0.717) is 42.9 Å². The normalized spacial score (nSPS) is 14.5. The van der Waals surface area contributed by atoms with Crippen LogP contribution in [-0.4, -0.2) is 59.0 Å². The van der Waals surface area contributed by atoms with Crippen molar-refractivity contribution in [2.45, 2.75) is 45.2 Å². The van der Waals surface area contributed by atoms with Crippen LogP contribution >= 0.6 is 0 Å². The summed E-state index contributed by atoms with van der Waals surface area (Å²) >= 11 is 0. The van der Waals surface area contributed by atoms with Gasteiger partial charge in [-0.15, -0.1) is 5.10 Å². The molecule has 0 bridgehead atoms. The van der Waals surface area contributed by atoms with E-state index in [1.807, 2.05) is 36.1 Å². The molecular formula is C21H25N9O. The summed E-state index contributed by atoms with van der Waals surface area (Å²) in [6.07, 6.45) is 12.1. The first-order valence-corrected chi connectivity index (χ1v) is 10.7. The van der Waals surface area contributed by atoms with Crippen molar-refractivity contribution in [3.05, 3.63) is 36.9 Å². The highest BCUT2D eigenvalue weighted by atomic mass is 16.5. The smallest absolute Gasteiger partial charge is 0.225 e. The minimum absolute atomic E-state index is 0.442. The van der Waals surface area contributed by atoms with Gasteiger partial charge in [0.25, 0.3) is 0 Å². The molecule has 0 unspecified atom stereocenters. The predicted molar refractivity (Wildman–Crippen MR) is 116 cm³/mol. The third-order valence-electron chi connectivity index (χ3n) is 5.47. The predicted octanol–water partition coefficient (Wildman–Crippen LogP) is 2.86. The van der Waals surface area contributed by atoms with Crippen molar-refractivity contribution >= 4 is 17.1 Å². The summed E-state index contributed by atoms with van der Waals surface area (Å²) in [5.41, 5.74) is 3.90. The number of fused-ring (bicyclic) bond motifs is 1. The van der Waals surface area contributed by atoms with E-state index in [1.54, 1.807) is 17.1 Å². The summed E-state index contributed by atoms with van der Waals surface area (Å²) in [5, 5.41) is 16.2. The van der Waals surface area contributed by atoms with Gasteiger partial charge in [-0.05, 0) is 31.9 Å². The van der Waals surface area contributed by atoms with E-state index < -0.39 is 0 Å². The van der Waals surface area contributed by atoms with E-state index in [2.05, 4.69) is 35.7 Å². The Bertz CT molecular complexity index is 1150. The second-order valence-electron chi connectivity index (χ2n) is 7.62. The maximum atomic E-state index is 5.38.